The Balaban J connectivity index is 1.64. The fraction of sp³-hybridized carbons (Fsp3) is 0.207. The zero-order chi connectivity index (χ0) is 26.8. The quantitative estimate of drug-likeness (QED) is 0.102. The Hall–Kier alpha value is -3.39. The van der Waals surface area contributed by atoms with E-state index in [4.69, 9.17) is 27.9 Å². The molecule has 0 bridgehead atoms. The molecule has 1 fully saturated rings. The highest BCUT2D eigenvalue weighted by Gasteiger charge is 2.48. The maximum absolute atomic E-state index is 13.5. The highest BCUT2D eigenvalue weighted by atomic mass is 35.5. The summed E-state index contributed by atoms with van der Waals surface area (Å²) in [6.45, 7) is 2.68. The lowest BCUT2D eigenvalue weighted by Crippen LogP contribution is -2.29. The average molecular weight is 567 g/mol. The number of nitrogens with zero attached hydrogens (tertiary/aromatic N) is 2. The highest BCUT2D eigenvalue weighted by Crippen LogP contribution is 2.45. The average Bonchev–Trinajstić information content (AvgIpc) is 3.44. The third-order valence-electron chi connectivity index (χ3n) is 6.30. The summed E-state index contributed by atoms with van der Waals surface area (Å²) in [5.74, 6) is -1.24. The van der Waals surface area contributed by atoms with Crippen LogP contribution in [0.5, 0.6) is 5.75 Å². The minimum Gasteiger partial charge on any atom is -0.507 e. The number of Topliss-reactive ketones (excluding diaryl/α,β-unsaturated/α-hetero) is 1. The van der Waals surface area contributed by atoms with Crippen molar-refractivity contribution in [2.45, 2.75) is 32.2 Å². The van der Waals surface area contributed by atoms with Crippen LogP contribution in [0.1, 0.15) is 43.4 Å². The lowest BCUT2D eigenvalue weighted by molar-refractivity contribution is -0.132. The van der Waals surface area contributed by atoms with Gasteiger partial charge in [0.25, 0.3) is 5.78 Å². The van der Waals surface area contributed by atoms with Crippen LogP contribution in [0.4, 0.5) is 5.13 Å². The summed E-state index contributed by atoms with van der Waals surface area (Å²) >= 11 is 13.4. The lowest BCUT2D eigenvalue weighted by Gasteiger charge is -2.23. The second kappa shape index (κ2) is 11.2. The number of thiazole rings is 1. The van der Waals surface area contributed by atoms with Crippen LogP contribution in [0.25, 0.3) is 16.0 Å². The van der Waals surface area contributed by atoms with E-state index in [1.54, 1.807) is 48.5 Å². The number of hydrogen-bond donors (Lipinski definition) is 1. The molecule has 6 nitrogen and oxygen atoms in total. The number of aliphatic hydroxyl groups excluding tert-OH is 1. The number of hydrogen-bond acceptors (Lipinski definition) is 6. The molecule has 1 saturated heterocycles. The number of aliphatic hydroxyl groups is 1. The summed E-state index contributed by atoms with van der Waals surface area (Å²) < 4.78 is 6.73. The fourth-order valence-corrected chi connectivity index (χ4v) is 5.81. The summed E-state index contributed by atoms with van der Waals surface area (Å²) in [6, 6.07) is 18.0. The molecule has 0 aliphatic carbocycles. The minimum absolute atomic E-state index is 0.0299. The largest absolute Gasteiger partial charge is 0.507 e. The number of halogens is 2. The highest BCUT2D eigenvalue weighted by molar-refractivity contribution is 7.22. The van der Waals surface area contributed by atoms with E-state index in [9.17, 15) is 14.7 Å². The van der Waals surface area contributed by atoms with Crippen molar-refractivity contribution in [1.82, 2.24) is 4.98 Å². The molecule has 0 saturated carbocycles. The summed E-state index contributed by atoms with van der Waals surface area (Å²) in [5, 5.41) is 12.7. The van der Waals surface area contributed by atoms with Crippen LogP contribution >= 0.6 is 34.5 Å². The summed E-state index contributed by atoms with van der Waals surface area (Å²) in [4.78, 5) is 32.9. The molecule has 0 spiro atoms. The number of carbonyl (C=O) groups is 2. The van der Waals surface area contributed by atoms with Gasteiger partial charge >= 0.3 is 5.91 Å². The van der Waals surface area contributed by atoms with Gasteiger partial charge in [-0.15, -0.1) is 0 Å². The van der Waals surface area contributed by atoms with Crippen LogP contribution < -0.4 is 9.64 Å². The molecule has 9 heteroatoms. The third kappa shape index (κ3) is 5.14. The Labute approximate surface area is 234 Å². The number of ketones is 1. The molecule has 4 aromatic rings. The number of benzene rings is 3. The summed E-state index contributed by atoms with van der Waals surface area (Å²) in [7, 11) is 0. The Morgan fingerprint density at radius 2 is 1.79 bits per heavy atom. The predicted molar refractivity (Wildman–Crippen MR) is 152 cm³/mol. The topological polar surface area (TPSA) is 79.7 Å². The third-order valence-corrected chi connectivity index (χ3v) is 7.80. The van der Waals surface area contributed by atoms with Gasteiger partial charge in [-0.25, -0.2) is 4.98 Å². The Kier molecular flexibility index (Phi) is 7.70. The summed E-state index contributed by atoms with van der Waals surface area (Å²) in [5.41, 5.74) is 1.61. The van der Waals surface area contributed by atoms with Crippen molar-refractivity contribution >= 4 is 67.3 Å². The SMILES string of the molecule is CCCCCOc1cccc(C2/C(=C(\O)c3ccc(Cl)cc3)C(=O)C(=O)N2c2nc3ccc(Cl)cc3s2)c1. The van der Waals surface area contributed by atoms with Gasteiger partial charge in [-0.1, -0.05) is 66.4 Å². The van der Waals surface area contributed by atoms with Crippen LogP contribution in [0, 0.1) is 0 Å². The molecular formula is C29H24Cl2N2O4S. The molecule has 2 heterocycles. The van der Waals surface area contributed by atoms with E-state index in [0.29, 0.717) is 44.2 Å². The van der Waals surface area contributed by atoms with Crippen molar-refractivity contribution in [3.8, 4) is 5.75 Å². The number of rotatable bonds is 8. The number of aromatic nitrogens is 1. The van der Waals surface area contributed by atoms with Crippen LogP contribution in [0.2, 0.25) is 10.0 Å². The molecule has 38 heavy (non-hydrogen) atoms. The zero-order valence-electron chi connectivity index (χ0n) is 20.5. The van der Waals surface area contributed by atoms with Gasteiger partial charge in [0.05, 0.1) is 28.4 Å². The first-order chi connectivity index (χ1) is 18.4. The first-order valence-corrected chi connectivity index (χ1v) is 13.8. The Morgan fingerprint density at radius 1 is 1.03 bits per heavy atom. The Morgan fingerprint density at radius 3 is 2.55 bits per heavy atom. The van der Waals surface area contributed by atoms with Gasteiger partial charge in [-0.05, 0) is 66.6 Å². The maximum Gasteiger partial charge on any atom is 0.301 e. The van der Waals surface area contributed by atoms with Crippen molar-refractivity contribution < 1.29 is 19.4 Å². The predicted octanol–water partition coefficient (Wildman–Crippen LogP) is 7.80. The standard InChI is InChI=1S/C29H24Cl2N2O4S/c1-2-3-4-14-37-21-7-5-6-18(15-21)25-24(26(34)17-8-10-19(30)11-9-17)27(35)28(36)33(25)29-32-22-13-12-20(31)16-23(22)38-29/h5-13,15-16,25,34H,2-4,14H2,1H3/b26-24+. The minimum atomic E-state index is -0.916. The number of anilines is 1. The second-order valence-electron chi connectivity index (χ2n) is 8.91. The van der Waals surface area contributed by atoms with Crippen LogP contribution in [-0.2, 0) is 9.59 Å². The number of carbonyl (C=O) groups excluding carboxylic acids is 2. The molecule has 1 N–H and O–H groups in total. The lowest BCUT2D eigenvalue weighted by atomic mass is 9.95. The van der Waals surface area contributed by atoms with Gasteiger partial charge in [-0.3, -0.25) is 14.5 Å². The Bertz CT molecular complexity index is 1550. The molecular weight excluding hydrogens is 543 g/mol. The molecule has 1 aliphatic heterocycles. The maximum atomic E-state index is 13.5. The second-order valence-corrected chi connectivity index (χ2v) is 10.8. The van der Waals surface area contributed by atoms with Crippen LogP contribution in [0.15, 0.2) is 72.3 Å². The van der Waals surface area contributed by atoms with Crippen LogP contribution in [-0.4, -0.2) is 28.4 Å². The van der Waals surface area contributed by atoms with Crippen molar-refractivity contribution in [2.75, 3.05) is 11.5 Å². The molecule has 1 amide bonds. The van der Waals surface area contributed by atoms with Crippen molar-refractivity contribution in [1.29, 1.82) is 0 Å². The van der Waals surface area contributed by atoms with Gasteiger partial charge in [0.15, 0.2) is 5.13 Å². The molecule has 1 unspecified atom stereocenters. The number of amides is 1. The monoisotopic (exact) mass is 566 g/mol. The zero-order valence-corrected chi connectivity index (χ0v) is 22.8. The number of fused-ring (bicyclic) bond motifs is 1. The normalized spacial score (nSPS) is 16.9. The van der Waals surface area contributed by atoms with Gasteiger partial charge in [-0.2, -0.15) is 0 Å². The number of unbranched alkanes of at least 4 members (excludes halogenated alkanes) is 2. The molecule has 5 rings (SSSR count). The molecule has 0 radical (unpaired) electrons. The fourth-order valence-electron chi connectivity index (χ4n) is 4.41. The molecule has 1 atom stereocenters. The van der Waals surface area contributed by atoms with E-state index >= 15 is 0 Å². The van der Waals surface area contributed by atoms with Crippen molar-refractivity contribution in [3.63, 3.8) is 0 Å². The molecule has 194 valence electrons. The van der Waals surface area contributed by atoms with Gasteiger partial charge in [0.1, 0.15) is 11.5 Å². The first-order valence-electron chi connectivity index (χ1n) is 12.2. The van der Waals surface area contributed by atoms with Gasteiger partial charge < -0.3 is 9.84 Å². The van der Waals surface area contributed by atoms with Gasteiger partial charge in [0.2, 0.25) is 0 Å². The molecule has 3 aromatic carbocycles. The van der Waals surface area contributed by atoms with E-state index < -0.39 is 17.7 Å². The van der Waals surface area contributed by atoms with E-state index in [-0.39, 0.29) is 11.3 Å². The van der Waals surface area contributed by atoms with Crippen LogP contribution in [0.3, 0.4) is 0 Å². The van der Waals surface area contributed by atoms with E-state index in [0.717, 1.165) is 24.0 Å². The van der Waals surface area contributed by atoms with E-state index in [2.05, 4.69) is 11.9 Å². The molecule has 1 aliphatic rings. The smallest absolute Gasteiger partial charge is 0.301 e. The van der Waals surface area contributed by atoms with E-state index in [1.807, 2.05) is 18.2 Å². The number of ether oxygens (including phenoxy) is 1. The van der Waals surface area contributed by atoms with E-state index in [1.165, 1.54) is 16.2 Å². The van der Waals surface area contributed by atoms with Crippen molar-refractivity contribution in [3.05, 3.63) is 93.5 Å². The van der Waals surface area contributed by atoms with Gasteiger partial charge in [0, 0.05) is 15.6 Å². The first kappa shape index (κ1) is 26.2. The summed E-state index contributed by atoms with van der Waals surface area (Å²) in [6.07, 6.45) is 3.06. The molecule has 1 aromatic heterocycles. The van der Waals surface area contributed by atoms with Crippen molar-refractivity contribution in [2.24, 2.45) is 0 Å².